The number of amides is 1. The molecule has 0 spiro atoms. The van der Waals surface area contributed by atoms with Gasteiger partial charge >= 0.3 is 0 Å². The van der Waals surface area contributed by atoms with Gasteiger partial charge in [-0.15, -0.1) is 10.2 Å². The fourth-order valence-electron chi connectivity index (χ4n) is 1.94. The maximum atomic E-state index is 13.6. The highest BCUT2D eigenvalue weighted by Gasteiger charge is 2.19. The third-order valence-electron chi connectivity index (χ3n) is 3.23. The van der Waals surface area contributed by atoms with Crippen molar-refractivity contribution >= 4 is 39.8 Å². The van der Waals surface area contributed by atoms with Crippen LogP contribution in [0, 0.1) is 11.6 Å². The van der Waals surface area contributed by atoms with E-state index in [1.165, 1.54) is 23.1 Å². The van der Waals surface area contributed by atoms with Gasteiger partial charge in [0.25, 0.3) is 0 Å². The number of rotatable bonds is 7. The first-order chi connectivity index (χ1) is 12.5. The third-order valence-corrected chi connectivity index (χ3v) is 5.30. The summed E-state index contributed by atoms with van der Waals surface area (Å²) in [5, 5.41) is 13.5. The highest BCUT2D eigenvalue weighted by Crippen LogP contribution is 2.30. The summed E-state index contributed by atoms with van der Waals surface area (Å²) in [6.07, 6.45) is 1.58. The van der Waals surface area contributed by atoms with Gasteiger partial charge in [0.1, 0.15) is 17.4 Å². The van der Waals surface area contributed by atoms with E-state index in [1.807, 2.05) is 6.07 Å². The van der Waals surface area contributed by atoms with Gasteiger partial charge in [-0.25, -0.2) is 8.78 Å². The lowest BCUT2D eigenvalue weighted by molar-refractivity contribution is -0.115. The Morgan fingerprint density at radius 2 is 2.19 bits per heavy atom. The van der Waals surface area contributed by atoms with Crippen molar-refractivity contribution in [2.24, 2.45) is 0 Å². The Kier molecular flexibility index (Phi) is 5.84. The highest BCUT2D eigenvalue weighted by atomic mass is 32.2. The second-order valence-corrected chi connectivity index (χ2v) is 7.74. The predicted octanol–water partition coefficient (Wildman–Crippen LogP) is 4.14. The van der Waals surface area contributed by atoms with Crippen molar-refractivity contribution in [2.45, 2.75) is 23.1 Å². The zero-order chi connectivity index (χ0) is 18.5. The summed E-state index contributed by atoms with van der Waals surface area (Å²) >= 11 is 2.46. The molecule has 1 aromatic carbocycles. The average molecular weight is 396 g/mol. The summed E-state index contributed by atoms with van der Waals surface area (Å²) in [5.74, 6) is -1.02. The molecule has 0 aliphatic carbocycles. The van der Waals surface area contributed by atoms with Gasteiger partial charge < -0.3 is 15.1 Å². The Morgan fingerprint density at radius 1 is 1.35 bits per heavy atom. The van der Waals surface area contributed by atoms with E-state index in [0.717, 1.165) is 24.0 Å². The molecule has 3 rings (SSSR count). The summed E-state index contributed by atoms with van der Waals surface area (Å²) in [6.45, 7) is 2.12. The normalized spacial score (nSPS) is 12.0. The average Bonchev–Trinajstić information content (AvgIpc) is 3.28. The van der Waals surface area contributed by atoms with E-state index in [1.54, 1.807) is 19.3 Å². The summed E-state index contributed by atoms with van der Waals surface area (Å²) < 4.78 is 32.6. The fourth-order valence-corrected chi connectivity index (χ4v) is 3.83. The van der Waals surface area contributed by atoms with Crippen molar-refractivity contribution in [1.29, 1.82) is 0 Å². The summed E-state index contributed by atoms with van der Waals surface area (Å²) in [4.78, 5) is 12.2. The lowest BCUT2D eigenvalue weighted by atomic mass is 10.3. The van der Waals surface area contributed by atoms with Crippen LogP contribution in [0.15, 0.2) is 45.4 Å². The molecule has 1 unspecified atom stereocenters. The number of hydrogen-bond acceptors (Lipinski definition) is 7. The Labute approximate surface area is 156 Å². The van der Waals surface area contributed by atoms with Crippen LogP contribution in [0.3, 0.4) is 0 Å². The Hall–Kier alpha value is -2.46. The number of halogens is 2. The second-order valence-electron chi connectivity index (χ2n) is 5.18. The highest BCUT2D eigenvalue weighted by molar-refractivity contribution is 8.02. The number of nitrogens with zero attached hydrogens (tertiary/aromatic N) is 2. The van der Waals surface area contributed by atoms with E-state index in [0.29, 0.717) is 16.0 Å². The number of anilines is 2. The van der Waals surface area contributed by atoms with Gasteiger partial charge in [0.15, 0.2) is 4.34 Å². The SMILES string of the molecule is CC(Sc1nnc(NCc2ccco2)s1)C(=O)Nc1cc(F)ccc1F. The van der Waals surface area contributed by atoms with Crippen LogP contribution >= 0.6 is 23.1 Å². The first-order valence-electron chi connectivity index (χ1n) is 7.53. The predicted molar refractivity (Wildman–Crippen MR) is 96.3 cm³/mol. The molecule has 0 aliphatic heterocycles. The molecule has 136 valence electrons. The lowest BCUT2D eigenvalue weighted by Gasteiger charge is -2.10. The molecule has 3 aromatic rings. The minimum absolute atomic E-state index is 0.194. The standard InChI is InChI=1S/C16H14F2N4O2S2/c1-9(14(23)20-13-7-10(17)4-5-12(13)18)25-16-22-21-15(26-16)19-8-11-3-2-6-24-11/h2-7,9H,8H2,1H3,(H,19,21)(H,20,23). The maximum Gasteiger partial charge on any atom is 0.237 e. The number of furan rings is 1. The minimum atomic E-state index is -0.697. The van der Waals surface area contributed by atoms with Gasteiger partial charge in [0.05, 0.1) is 23.7 Å². The quantitative estimate of drug-likeness (QED) is 0.584. The number of aromatic nitrogens is 2. The second kappa shape index (κ2) is 8.28. The van der Waals surface area contributed by atoms with Crippen molar-refractivity contribution in [3.8, 4) is 0 Å². The molecule has 0 radical (unpaired) electrons. The van der Waals surface area contributed by atoms with Crippen LogP contribution in [0.2, 0.25) is 0 Å². The number of nitrogens with one attached hydrogen (secondary N) is 2. The minimum Gasteiger partial charge on any atom is -0.467 e. The van der Waals surface area contributed by atoms with Crippen molar-refractivity contribution in [3.63, 3.8) is 0 Å². The van der Waals surface area contributed by atoms with Crippen LogP contribution < -0.4 is 10.6 Å². The van der Waals surface area contributed by atoms with Gasteiger partial charge in [-0.1, -0.05) is 23.1 Å². The number of benzene rings is 1. The molecule has 0 aliphatic rings. The van der Waals surface area contributed by atoms with Gasteiger partial charge in [-0.05, 0) is 31.2 Å². The van der Waals surface area contributed by atoms with Crippen LogP contribution in [-0.2, 0) is 11.3 Å². The zero-order valence-corrected chi connectivity index (χ0v) is 15.2. The van der Waals surface area contributed by atoms with Gasteiger partial charge in [0.2, 0.25) is 11.0 Å². The molecule has 0 fully saturated rings. The summed E-state index contributed by atoms with van der Waals surface area (Å²) in [7, 11) is 0. The van der Waals surface area contributed by atoms with Gasteiger partial charge in [-0.2, -0.15) is 0 Å². The summed E-state index contributed by atoms with van der Waals surface area (Å²) in [6, 6.07) is 6.51. The van der Waals surface area contributed by atoms with Crippen molar-refractivity contribution in [2.75, 3.05) is 10.6 Å². The number of hydrogen-bond donors (Lipinski definition) is 2. The first kappa shape index (κ1) is 18.3. The lowest BCUT2D eigenvalue weighted by Crippen LogP contribution is -2.23. The van der Waals surface area contributed by atoms with Crippen molar-refractivity contribution < 1.29 is 18.0 Å². The molecule has 2 heterocycles. The number of thioether (sulfide) groups is 1. The molecule has 2 aromatic heterocycles. The Morgan fingerprint density at radius 3 is 2.96 bits per heavy atom. The van der Waals surface area contributed by atoms with Crippen molar-refractivity contribution in [1.82, 2.24) is 10.2 Å². The molecule has 1 amide bonds. The van der Waals surface area contributed by atoms with Crippen molar-refractivity contribution in [3.05, 3.63) is 54.0 Å². The smallest absolute Gasteiger partial charge is 0.237 e. The van der Waals surface area contributed by atoms with E-state index < -0.39 is 22.8 Å². The molecule has 0 saturated carbocycles. The van der Waals surface area contributed by atoms with E-state index in [2.05, 4.69) is 20.8 Å². The molecule has 0 saturated heterocycles. The van der Waals surface area contributed by atoms with Crippen LogP contribution in [0.5, 0.6) is 0 Å². The Balaban J connectivity index is 1.54. The molecular formula is C16H14F2N4O2S2. The molecule has 26 heavy (non-hydrogen) atoms. The monoisotopic (exact) mass is 396 g/mol. The molecule has 0 bridgehead atoms. The van der Waals surface area contributed by atoms with Crippen LogP contribution in [0.1, 0.15) is 12.7 Å². The molecule has 6 nitrogen and oxygen atoms in total. The van der Waals surface area contributed by atoms with Crippen LogP contribution in [-0.4, -0.2) is 21.4 Å². The van der Waals surface area contributed by atoms with Gasteiger partial charge in [0, 0.05) is 6.07 Å². The van der Waals surface area contributed by atoms with E-state index in [-0.39, 0.29) is 5.69 Å². The van der Waals surface area contributed by atoms with E-state index in [4.69, 9.17) is 4.42 Å². The molecular weight excluding hydrogens is 382 g/mol. The maximum absolute atomic E-state index is 13.6. The largest absolute Gasteiger partial charge is 0.467 e. The van der Waals surface area contributed by atoms with Gasteiger partial charge in [-0.3, -0.25) is 4.79 Å². The van der Waals surface area contributed by atoms with E-state index in [9.17, 15) is 13.6 Å². The topological polar surface area (TPSA) is 80.1 Å². The number of carbonyl (C=O) groups is 1. The first-order valence-corrected chi connectivity index (χ1v) is 9.23. The van der Waals surface area contributed by atoms with Crippen LogP contribution in [0.4, 0.5) is 19.6 Å². The zero-order valence-electron chi connectivity index (χ0n) is 13.5. The Bertz CT molecular complexity index is 886. The van der Waals surface area contributed by atoms with E-state index >= 15 is 0 Å². The molecule has 2 N–H and O–H groups in total. The fraction of sp³-hybridized carbons (Fsp3) is 0.188. The molecule has 10 heteroatoms. The molecule has 1 atom stereocenters. The van der Waals surface area contributed by atoms with Crippen LogP contribution in [0.25, 0.3) is 0 Å². The number of carbonyl (C=O) groups excluding carboxylic acids is 1. The third kappa shape index (κ3) is 4.79. The summed E-state index contributed by atoms with van der Waals surface area (Å²) in [5.41, 5.74) is -0.194.